The van der Waals surface area contributed by atoms with E-state index in [0.29, 0.717) is 9.37 Å². The third-order valence-electron chi connectivity index (χ3n) is 2.19. The molecule has 1 aliphatic heterocycles. The summed E-state index contributed by atoms with van der Waals surface area (Å²) in [5, 5.41) is 1.37. The number of rotatable bonds is 2. The molecule has 15 heavy (non-hydrogen) atoms. The SMILES string of the molecule is CSCC1=CS(=O)(=O)c2c(Br)cccc21. The highest BCUT2D eigenvalue weighted by molar-refractivity contribution is 9.10. The minimum Gasteiger partial charge on any atom is -0.219 e. The molecule has 0 saturated carbocycles. The number of hydrogen-bond donors (Lipinski definition) is 0. The fourth-order valence-electron chi connectivity index (χ4n) is 1.63. The molecule has 0 atom stereocenters. The minimum absolute atomic E-state index is 0.411. The van der Waals surface area contributed by atoms with Gasteiger partial charge in [-0.05, 0) is 39.4 Å². The number of halogens is 1. The summed E-state index contributed by atoms with van der Waals surface area (Å²) in [4.78, 5) is 0.411. The number of fused-ring (bicyclic) bond motifs is 1. The van der Waals surface area contributed by atoms with Gasteiger partial charge in [0.15, 0.2) is 0 Å². The first-order chi connectivity index (χ1) is 7.06. The average Bonchev–Trinajstić information content (AvgIpc) is 2.40. The molecule has 1 heterocycles. The number of benzene rings is 1. The van der Waals surface area contributed by atoms with Gasteiger partial charge < -0.3 is 0 Å². The van der Waals surface area contributed by atoms with Gasteiger partial charge in [0.25, 0.3) is 0 Å². The summed E-state index contributed by atoms with van der Waals surface area (Å²) >= 11 is 4.90. The normalized spacial score (nSPS) is 17.3. The van der Waals surface area contributed by atoms with Crippen molar-refractivity contribution < 1.29 is 8.42 Å². The second kappa shape index (κ2) is 3.96. The number of sulfone groups is 1. The van der Waals surface area contributed by atoms with Crippen molar-refractivity contribution in [3.63, 3.8) is 0 Å². The molecule has 0 unspecified atom stereocenters. The van der Waals surface area contributed by atoms with Crippen LogP contribution < -0.4 is 0 Å². The van der Waals surface area contributed by atoms with Crippen LogP contribution in [-0.4, -0.2) is 20.4 Å². The van der Waals surface area contributed by atoms with E-state index in [0.717, 1.165) is 16.9 Å². The summed E-state index contributed by atoms with van der Waals surface area (Å²) < 4.78 is 24.3. The van der Waals surface area contributed by atoms with Gasteiger partial charge in [0.2, 0.25) is 9.84 Å². The zero-order valence-electron chi connectivity index (χ0n) is 8.03. The Balaban J connectivity index is 2.68. The van der Waals surface area contributed by atoms with E-state index in [1.807, 2.05) is 18.4 Å². The van der Waals surface area contributed by atoms with Gasteiger partial charge in [0.05, 0.1) is 4.90 Å². The van der Waals surface area contributed by atoms with Crippen LogP contribution in [0.2, 0.25) is 0 Å². The van der Waals surface area contributed by atoms with Crippen molar-refractivity contribution in [3.8, 4) is 0 Å². The van der Waals surface area contributed by atoms with Crippen LogP contribution >= 0.6 is 27.7 Å². The van der Waals surface area contributed by atoms with Gasteiger partial charge in [-0.25, -0.2) is 8.42 Å². The number of thioether (sulfide) groups is 1. The van der Waals surface area contributed by atoms with Crippen LogP contribution in [0.25, 0.3) is 5.57 Å². The van der Waals surface area contributed by atoms with E-state index in [-0.39, 0.29) is 0 Å². The van der Waals surface area contributed by atoms with E-state index in [2.05, 4.69) is 15.9 Å². The highest BCUT2D eigenvalue weighted by Gasteiger charge is 2.28. The van der Waals surface area contributed by atoms with Crippen LogP contribution in [0.1, 0.15) is 5.56 Å². The monoisotopic (exact) mass is 304 g/mol. The molecule has 0 spiro atoms. The quantitative estimate of drug-likeness (QED) is 0.842. The molecular formula is C10H9BrO2S2. The molecule has 1 aliphatic rings. The van der Waals surface area contributed by atoms with Crippen LogP contribution in [-0.2, 0) is 9.84 Å². The minimum atomic E-state index is -3.23. The molecule has 0 N–H and O–H groups in total. The fourth-order valence-corrected chi connectivity index (χ4v) is 4.87. The largest absolute Gasteiger partial charge is 0.219 e. The van der Waals surface area contributed by atoms with E-state index in [1.54, 1.807) is 17.8 Å². The van der Waals surface area contributed by atoms with Crippen molar-refractivity contribution >= 4 is 43.1 Å². The van der Waals surface area contributed by atoms with E-state index in [1.165, 1.54) is 5.41 Å². The smallest absolute Gasteiger partial charge is 0.201 e. The summed E-state index contributed by atoms with van der Waals surface area (Å²) in [7, 11) is -3.23. The lowest BCUT2D eigenvalue weighted by molar-refractivity contribution is 0.605. The standard InChI is InChI=1S/C10H9BrO2S2/c1-14-5-7-6-15(12,13)10-8(7)3-2-4-9(10)11/h2-4,6H,5H2,1H3. The fraction of sp³-hybridized carbons (Fsp3) is 0.200. The maximum absolute atomic E-state index is 11.8. The maximum atomic E-state index is 11.8. The second-order valence-corrected chi connectivity index (χ2v) is 6.69. The zero-order valence-corrected chi connectivity index (χ0v) is 11.2. The highest BCUT2D eigenvalue weighted by Crippen LogP contribution is 2.38. The predicted octanol–water partition coefficient (Wildman–Crippen LogP) is 2.94. The first-order valence-corrected chi connectivity index (χ1v) is 8.03. The van der Waals surface area contributed by atoms with Crippen LogP contribution in [0.4, 0.5) is 0 Å². The van der Waals surface area contributed by atoms with Crippen molar-refractivity contribution in [2.75, 3.05) is 12.0 Å². The van der Waals surface area contributed by atoms with Gasteiger partial charge in [-0.3, -0.25) is 0 Å². The molecule has 80 valence electrons. The molecule has 0 saturated heterocycles. The Morgan fingerprint density at radius 1 is 1.40 bits per heavy atom. The Bertz CT molecular complexity index is 532. The Morgan fingerprint density at radius 3 is 2.80 bits per heavy atom. The van der Waals surface area contributed by atoms with Crippen LogP contribution in [0.15, 0.2) is 33.0 Å². The van der Waals surface area contributed by atoms with Crippen molar-refractivity contribution in [1.82, 2.24) is 0 Å². The van der Waals surface area contributed by atoms with E-state index in [4.69, 9.17) is 0 Å². The van der Waals surface area contributed by atoms with Crippen molar-refractivity contribution in [1.29, 1.82) is 0 Å². The van der Waals surface area contributed by atoms with Gasteiger partial charge in [-0.1, -0.05) is 12.1 Å². The van der Waals surface area contributed by atoms with Crippen LogP contribution in [0, 0.1) is 0 Å². The third-order valence-corrected chi connectivity index (χ3v) is 5.32. The first kappa shape index (κ1) is 11.2. The van der Waals surface area contributed by atoms with Crippen molar-refractivity contribution in [3.05, 3.63) is 33.6 Å². The molecule has 1 aromatic rings. The van der Waals surface area contributed by atoms with Crippen LogP contribution in [0.5, 0.6) is 0 Å². The molecular weight excluding hydrogens is 296 g/mol. The lowest BCUT2D eigenvalue weighted by Crippen LogP contribution is -1.94. The predicted molar refractivity (Wildman–Crippen MR) is 67.7 cm³/mol. The molecule has 2 rings (SSSR count). The van der Waals surface area contributed by atoms with Gasteiger partial charge >= 0.3 is 0 Å². The lowest BCUT2D eigenvalue weighted by atomic mass is 10.1. The van der Waals surface area contributed by atoms with Gasteiger partial charge in [-0.2, -0.15) is 11.8 Å². The summed E-state index contributed by atoms with van der Waals surface area (Å²) in [6.45, 7) is 0. The molecule has 2 nitrogen and oxygen atoms in total. The molecule has 5 heteroatoms. The molecule has 0 aromatic heterocycles. The first-order valence-electron chi connectivity index (χ1n) is 4.30. The maximum Gasteiger partial charge on any atom is 0.201 e. The topological polar surface area (TPSA) is 34.1 Å². The zero-order chi connectivity index (χ0) is 11.1. The molecule has 1 aromatic carbocycles. The highest BCUT2D eigenvalue weighted by atomic mass is 79.9. The Kier molecular flexibility index (Phi) is 2.96. The van der Waals surface area contributed by atoms with Crippen molar-refractivity contribution in [2.24, 2.45) is 0 Å². The summed E-state index contributed by atoms with van der Waals surface area (Å²) in [6, 6.07) is 5.47. The van der Waals surface area contributed by atoms with Gasteiger partial charge in [0, 0.05) is 15.6 Å². The Morgan fingerprint density at radius 2 is 2.13 bits per heavy atom. The summed E-state index contributed by atoms with van der Waals surface area (Å²) in [5.74, 6) is 0.725. The van der Waals surface area contributed by atoms with E-state index in [9.17, 15) is 8.42 Å². The summed E-state index contributed by atoms with van der Waals surface area (Å²) in [5.41, 5.74) is 1.72. The Labute approximate surface area is 102 Å². The summed E-state index contributed by atoms with van der Waals surface area (Å²) in [6.07, 6.45) is 1.96. The van der Waals surface area contributed by atoms with Crippen molar-refractivity contribution in [2.45, 2.75) is 4.90 Å². The van der Waals surface area contributed by atoms with E-state index >= 15 is 0 Å². The van der Waals surface area contributed by atoms with E-state index < -0.39 is 9.84 Å². The average molecular weight is 305 g/mol. The molecule has 0 radical (unpaired) electrons. The molecule has 0 bridgehead atoms. The van der Waals surface area contributed by atoms with Gasteiger partial charge in [-0.15, -0.1) is 0 Å². The molecule has 0 amide bonds. The number of hydrogen-bond acceptors (Lipinski definition) is 3. The molecule has 0 aliphatic carbocycles. The second-order valence-electron chi connectivity index (χ2n) is 3.24. The molecule has 0 fully saturated rings. The van der Waals surface area contributed by atoms with Crippen LogP contribution in [0.3, 0.4) is 0 Å². The Hall–Kier alpha value is -0.260. The lowest BCUT2D eigenvalue weighted by Gasteiger charge is -2.03. The van der Waals surface area contributed by atoms with Gasteiger partial charge in [0.1, 0.15) is 0 Å². The third kappa shape index (κ3) is 1.88.